The van der Waals surface area contributed by atoms with Crippen LogP contribution in [0.3, 0.4) is 0 Å². The Morgan fingerprint density at radius 3 is 1.59 bits per heavy atom. The summed E-state index contributed by atoms with van der Waals surface area (Å²) in [6.07, 6.45) is 0. The number of hydrogen-bond acceptors (Lipinski definition) is 1. The van der Waals surface area contributed by atoms with Crippen molar-refractivity contribution in [3.05, 3.63) is 103 Å². The van der Waals surface area contributed by atoms with Gasteiger partial charge in [-0.1, -0.05) is 84.9 Å². The standard InChI is InChI=1S/C26H19N/c27-24-15-13-19(14-16-24)18-5-7-20(8-6-18)23-12-11-22-10-9-21-3-1-2-4-25(21)26(22)17-23/h1-17H,27H2. The van der Waals surface area contributed by atoms with Crippen molar-refractivity contribution >= 4 is 27.2 Å². The molecule has 128 valence electrons. The fourth-order valence-corrected chi connectivity index (χ4v) is 3.71. The Labute approximate surface area is 158 Å². The lowest BCUT2D eigenvalue weighted by Crippen LogP contribution is -1.85. The first-order valence-electron chi connectivity index (χ1n) is 9.16. The van der Waals surface area contributed by atoms with E-state index in [4.69, 9.17) is 5.73 Å². The van der Waals surface area contributed by atoms with Crippen molar-refractivity contribution in [3.8, 4) is 22.3 Å². The minimum atomic E-state index is 0.791. The van der Waals surface area contributed by atoms with Crippen molar-refractivity contribution in [1.29, 1.82) is 0 Å². The van der Waals surface area contributed by atoms with E-state index < -0.39 is 0 Å². The number of nitrogen functional groups attached to an aromatic ring is 1. The smallest absolute Gasteiger partial charge is 0.0314 e. The third kappa shape index (κ3) is 2.84. The van der Waals surface area contributed by atoms with Gasteiger partial charge in [0.05, 0.1) is 0 Å². The van der Waals surface area contributed by atoms with E-state index in [0.29, 0.717) is 0 Å². The molecule has 0 fully saturated rings. The van der Waals surface area contributed by atoms with Crippen LogP contribution in [-0.2, 0) is 0 Å². The SMILES string of the molecule is Nc1ccc(-c2ccc(-c3ccc4ccc5ccccc5c4c3)cc2)cc1. The maximum absolute atomic E-state index is 5.79. The zero-order valence-corrected chi connectivity index (χ0v) is 14.9. The molecule has 0 aromatic heterocycles. The van der Waals surface area contributed by atoms with Crippen molar-refractivity contribution in [3.63, 3.8) is 0 Å². The van der Waals surface area contributed by atoms with Gasteiger partial charge in [-0.15, -0.1) is 0 Å². The van der Waals surface area contributed by atoms with Crippen molar-refractivity contribution in [2.45, 2.75) is 0 Å². The Morgan fingerprint density at radius 1 is 0.407 bits per heavy atom. The molecule has 5 rings (SSSR count). The van der Waals surface area contributed by atoms with Crippen LogP contribution >= 0.6 is 0 Å². The number of nitrogens with two attached hydrogens (primary N) is 1. The van der Waals surface area contributed by atoms with E-state index in [1.807, 2.05) is 12.1 Å². The molecule has 0 saturated carbocycles. The first kappa shape index (κ1) is 15.7. The molecule has 0 saturated heterocycles. The predicted octanol–water partition coefficient (Wildman–Crippen LogP) is 6.91. The Hall–Kier alpha value is -3.58. The second-order valence-electron chi connectivity index (χ2n) is 6.92. The van der Waals surface area contributed by atoms with Gasteiger partial charge in [0.2, 0.25) is 0 Å². The zero-order chi connectivity index (χ0) is 18.2. The molecule has 0 aliphatic heterocycles. The molecule has 27 heavy (non-hydrogen) atoms. The molecular formula is C26H19N. The Kier molecular flexibility index (Phi) is 3.65. The summed E-state index contributed by atoms with van der Waals surface area (Å²) in [6, 6.07) is 36.4. The molecule has 2 N–H and O–H groups in total. The first-order chi connectivity index (χ1) is 13.3. The molecule has 0 spiro atoms. The Morgan fingerprint density at radius 2 is 0.889 bits per heavy atom. The highest BCUT2D eigenvalue weighted by Gasteiger charge is 2.04. The minimum Gasteiger partial charge on any atom is -0.399 e. The van der Waals surface area contributed by atoms with E-state index in [2.05, 4.69) is 91.0 Å². The molecule has 0 bridgehead atoms. The van der Waals surface area contributed by atoms with E-state index in [9.17, 15) is 0 Å². The summed E-state index contributed by atoms with van der Waals surface area (Å²) >= 11 is 0. The maximum Gasteiger partial charge on any atom is 0.0314 e. The van der Waals surface area contributed by atoms with Crippen LogP contribution in [0.2, 0.25) is 0 Å². The second kappa shape index (κ2) is 6.30. The van der Waals surface area contributed by atoms with Gasteiger partial charge in [-0.05, 0) is 62.0 Å². The van der Waals surface area contributed by atoms with Crippen LogP contribution in [0.4, 0.5) is 5.69 Å². The fourth-order valence-electron chi connectivity index (χ4n) is 3.71. The molecule has 0 amide bonds. The maximum atomic E-state index is 5.79. The summed E-state index contributed by atoms with van der Waals surface area (Å²) in [6.45, 7) is 0. The number of fused-ring (bicyclic) bond motifs is 3. The Bertz CT molecular complexity index is 1250. The van der Waals surface area contributed by atoms with Gasteiger partial charge >= 0.3 is 0 Å². The van der Waals surface area contributed by atoms with Gasteiger partial charge in [-0.3, -0.25) is 0 Å². The van der Waals surface area contributed by atoms with Crippen LogP contribution in [0.1, 0.15) is 0 Å². The van der Waals surface area contributed by atoms with Crippen LogP contribution in [-0.4, -0.2) is 0 Å². The average Bonchev–Trinajstić information content (AvgIpc) is 2.74. The van der Waals surface area contributed by atoms with Gasteiger partial charge in [0.25, 0.3) is 0 Å². The zero-order valence-electron chi connectivity index (χ0n) is 14.9. The van der Waals surface area contributed by atoms with Crippen LogP contribution in [0.25, 0.3) is 43.8 Å². The summed E-state index contributed by atoms with van der Waals surface area (Å²) < 4.78 is 0. The third-order valence-corrected chi connectivity index (χ3v) is 5.21. The van der Waals surface area contributed by atoms with Crippen LogP contribution in [0.5, 0.6) is 0 Å². The van der Waals surface area contributed by atoms with E-state index >= 15 is 0 Å². The first-order valence-corrected chi connectivity index (χ1v) is 9.16. The monoisotopic (exact) mass is 345 g/mol. The molecule has 5 aromatic rings. The summed E-state index contributed by atoms with van der Waals surface area (Å²) in [5, 5.41) is 5.15. The van der Waals surface area contributed by atoms with E-state index in [0.717, 1.165) is 5.69 Å². The number of anilines is 1. The number of benzene rings is 5. The molecular weight excluding hydrogens is 326 g/mol. The van der Waals surface area contributed by atoms with Crippen molar-refractivity contribution in [1.82, 2.24) is 0 Å². The highest BCUT2D eigenvalue weighted by Crippen LogP contribution is 2.31. The van der Waals surface area contributed by atoms with Gasteiger partial charge in [-0.2, -0.15) is 0 Å². The van der Waals surface area contributed by atoms with Crippen molar-refractivity contribution < 1.29 is 0 Å². The van der Waals surface area contributed by atoms with Gasteiger partial charge in [0, 0.05) is 5.69 Å². The molecule has 0 aliphatic rings. The molecule has 1 nitrogen and oxygen atoms in total. The predicted molar refractivity (Wildman–Crippen MR) is 117 cm³/mol. The largest absolute Gasteiger partial charge is 0.399 e. The minimum absolute atomic E-state index is 0.791. The summed E-state index contributed by atoms with van der Waals surface area (Å²) in [4.78, 5) is 0. The highest BCUT2D eigenvalue weighted by molar-refractivity contribution is 6.08. The van der Waals surface area contributed by atoms with Crippen molar-refractivity contribution in [2.24, 2.45) is 0 Å². The number of rotatable bonds is 2. The highest BCUT2D eigenvalue weighted by atomic mass is 14.5. The number of hydrogen-bond donors (Lipinski definition) is 1. The molecule has 5 aromatic carbocycles. The van der Waals surface area contributed by atoms with Gasteiger partial charge < -0.3 is 5.73 Å². The van der Waals surface area contributed by atoms with Crippen LogP contribution in [0, 0.1) is 0 Å². The third-order valence-electron chi connectivity index (χ3n) is 5.21. The molecule has 0 heterocycles. The van der Waals surface area contributed by atoms with Gasteiger partial charge in [0.15, 0.2) is 0 Å². The average molecular weight is 345 g/mol. The topological polar surface area (TPSA) is 26.0 Å². The molecule has 1 heteroatoms. The molecule has 0 atom stereocenters. The lowest BCUT2D eigenvalue weighted by atomic mass is 9.96. The van der Waals surface area contributed by atoms with Crippen LogP contribution in [0.15, 0.2) is 103 Å². The lowest BCUT2D eigenvalue weighted by Gasteiger charge is -2.09. The van der Waals surface area contributed by atoms with E-state index in [-0.39, 0.29) is 0 Å². The lowest BCUT2D eigenvalue weighted by molar-refractivity contribution is 1.60. The summed E-state index contributed by atoms with van der Waals surface area (Å²) in [5.74, 6) is 0. The van der Waals surface area contributed by atoms with Crippen LogP contribution < -0.4 is 5.73 Å². The van der Waals surface area contributed by atoms with E-state index in [1.165, 1.54) is 43.8 Å². The second-order valence-corrected chi connectivity index (χ2v) is 6.92. The normalized spacial score (nSPS) is 11.1. The summed E-state index contributed by atoms with van der Waals surface area (Å²) in [5.41, 5.74) is 11.4. The molecule has 0 unspecified atom stereocenters. The fraction of sp³-hybridized carbons (Fsp3) is 0. The van der Waals surface area contributed by atoms with E-state index in [1.54, 1.807) is 0 Å². The summed E-state index contributed by atoms with van der Waals surface area (Å²) in [7, 11) is 0. The molecule has 0 radical (unpaired) electrons. The Balaban J connectivity index is 1.58. The van der Waals surface area contributed by atoms with Gasteiger partial charge in [0.1, 0.15) is 0 Å². The quantitative estimate of drug-likeness (QED) is 0.273. The molecule has 0 aliphatic carbocycles. The van der Waals surface area contributed by atoms with Crippen molar-refractivity contribution in [2.75, 3.05) is 5.73 Å². The van der Waals surface area contributed by atoms with Gasteiger partial charge in [-0.25, -0.2) is 0 Å².